The van der Waals surface area contributed by atoms with Crippen molar-refractivity contribution >= 4 is 10.9 Å². The molecule has 0 radical (unpaired) electrons. The minimum absolute atomic E-state index is 0.160. The molecule has 36 heavy (non-hydrogen) atoms. The topological polar surface area (TPSA) is 77.8 Å². The average molecular weight is 519 g/mol. The summed E-state index contributed by atoms with van der Waals surface area (Å²) in [5.41, 5.74) is 1.63. The van der Waals surface area contributed by atoms with E-state index in [4.69, 9.17) is 9.47 Å². The molecule has 1 saturated carbocycles. The molecule has 0 bridgehead atoms. The molecule has 0 N–H and O–H groups in total. The van der Waals surface area contributed by atoms with Crippen molar-refractivity contribution in [2.75, 3.05) is 19.7 Å². The van der Waals surface area contributed by atoms with Crippen molar-refractivity contribution < 1.29 is 26.7 Å². The summed E-state index contributed by atoms with van der Waals surface area (Å²) in [5.74, 6) is -0.708. The van der Waals surface area contributed by atoms with Gasteiger partial charge in [-0.2, -0.15) is 0 Å². The second-order valence-electron chi connectivity index (χ2n) is 8.78. The molecule has 4 rings (SSSR count). The molecular weight excluding hydrogens is 490 g/mol. The van der Waals surface area contributed by atoms with Crippen molar-refractivity contribution in [3.63, 3.8) is 0 Å². The lowest BCUT2D eigenvalue weighted by molar-refractivity contribution is 0.340. The SMILES string of the molecule is CCOc1cc(=O)n(C)cc1-c1cc(CCN(CC2CC2)[SH](=O)=O)ccc1Oc1ccc(F)cc1F. The van der Waals surface area contributed by atoms with Crippen LogP contribution in [0.25, 0.3) is 11.1 Å². The number of benzene rings is 2. The summed E-state index contributed by atoms with van der Waals surface area (Å²) in [4.78, 5) is 12.3. The number of hydrogen-bond donors (Lipinski definition) is 1. The van der Waals surface area contributed by atoms with Crippen LogP contribution in [-0.2, 0) is 24.4 Å². The van der Waals surface area contributed by atoms with Gasteiger partial charge in [0.25, 0.3) is 5.56 Å². The van der Waals surface area contributed by atoms with Gasteiger partial charge in [-0.1, -0.05) is 6.07 Å². The van der Waals surface area contributed by atoms with Crippen molar-refractivity contribution in [1.82, 2.24) is 8.87 Å². The molecule has 1 aliphatic carbocycles. The molecule has 0 atom stereocenters. The quantitative estimate of drug-likeness (QED) is 0.383. The summed E-state index contributed by atoms with van der Waals surface area (Å²) in [6, 6.07) is 9.64. The van der Waals surface area contributed by atoms with Crippen molar-refractivity contribution in [3.05, 3.63) is 76.2 Å². The first-order valence-electron chi connectivity index (χ1n) is 11.7. The fourth-order valence-electron chi connectivity index (χ4n) is 3.89. The second-order valence-corrected chi connectivity index (χ2v) is 9.83. The lowest BCUT2D eigenvalue weighted by Gasteiger charge is -2.18. The zero-order valence-electron chi connectivity index (χ0n) is 20.1. The summed E-state index contributed by atoms with van der Waals surface area (Å²) < 4.78 is 65.6. The number of nitrogens with zero attached hydrogens (tertiary/aromatic N) is 2. The van der Waals surface area contributed by atoms with Gasteiger partial charge in [-0.05, 0) is 61.9 Å². The molecule has 10 heteroatoms. The third-order valence-corrected chi connectivity index (χ3v) is 6.82. The lowest BCUT2D eigenvalue weighted by atomic mass is 10.0. The minimum atomic E-state index is -2.69. The zero-order chi connectivity index (χ0) is 25.8. The van der Waals surface area contributed by atoms with E-state index in [-0.39, 0.29) is 17.1 Å². The molecule has 3 aromatic rings. The highest BCUT2D eigenvalue weighted by Crippen LogP contribution is 2.39. The van der Waals surface area contributed by atoms with Crippen molar-refractivity contribution in [3.8, 4) is 28.4 Å². The fraction of sp³-hybridized carbons (Fsp3) is 0.346. The number of aryl methyl sites for hydroxylation is 1. The van der Waals surface area contributed by atoms with Crippen LogP contribution in [0.1, 0.15) is 25.3 Å². The van der Waals surface area contributed by atoms with Gasteiger partial charge in [-0.3, -0.25) is 4.79 Å². The van der Waals surface area contributed by atoms with Crippen LogP contribution in [0.15, 0.2) is 53.5 Å². The molecule has 0 spiro atoms. The molecule has 7 nitrogen and oxygen atoms in total. The minimum Gasteiger partial charge on any atom is -0.493 e. The van der Waals surface area contributed by atoms with Crippen LogP contribution < -0.4 is 15.0 Å². The van der Waals surface area contributed by atoms with Crippen molar-refractivity contribution in [2.45, 2.75) is 26.2 Å². The molecule has 1 fully saturated rings. The second kappa shape index (κ2) is 11.2. The van der Waals surface area contributed by atoms with Gasteiger partial charge in [0.05, 0.1) is 6.61 Å². The smallest absolute Gasteiger partial charge is 0.254 e. The van der Waals surface area contributed by atoms with Crippen molar-refractivity contribution in [2.24, 2.45) is 13.0 Å². The molecule has 1 aromatic heterocycles. The Bertz CT molecular complexity index is 1380. The Morgan fingerprint density at radius 2 is 1.78 bits per heavy atom. The Hall–Kier alpha value is -3.24. The summed E-state index contributed by atoms with van der Waals surface area (Å²) in [5, 5.41) is 0. The van der Waals surface area contributed by atoms with Gasteiger partial charge in [0.15, 0.2) is 11.6 Å². The van der Waals surface area contributed by atoms with Gasteiger partial charge in [-0.15, -0.1) is 0 Å². The largest absolute Gasteiger partial charge is 0.493 e. The maximum absolute atomic E-state index is 14.4. The van der Waals surface area contributed by atoms with Crippen LogP contribution in [0.4, 0.5) is 8.78 Å². The Balaban J connectivity index is 1.73. The van der Waals surface area contributed by atoms with E-state index in [1.54, 1.807) is 32.3 Å². The molecule has 0 amide bonds. The van der Waals surface area contributed by atoms with E-state index < -0.39 is 22.5 Å². The Labute approximate surface area is 210 Å². The Kier molecular flexibility index (Phi) is 8.05. The molecule has 1 aliphatic rings. The number of pyridine rings is 1. The first-order chi connectivity index (χ1) is 17.2. The zero-order valence-corrected chi connectivity index (χ0v) is 21.0. The van der Waals surface area contributed by atoms with E-state index in [1.807, 2.05) is 6.07 Å². The number of hydrogen-bond acceptors (Lipinski definition) is 5. The van der Waals surface area contributed by atoms with E-state index in [2.05, 4.69) is 0 Å². The van der Waals surface area contributed by atoms with Gasteiger partial charge >= 0.3 is 0 Å². The van der Waals surface area contributed by atoms with Gasteiger partial charge in [0.1, 0.15) is 17.3 Å². The number of rotatable bonds is 11. The van der Waals surface area contributed by atoms with Crippen molar-refractivity contribution in [1.29, 1.82) is 0 Å². The van der Waals surface area contributed by atoms with Crippen LogP contribution >= 0.6 is 0 Å². The molecule has 0 aliphatic heterocycles. The molecule has 0 saturated heterocycles. The predicted molar refractivity (Wildman–Crippen MR) is 133 cm³/mol. The number of thiol groups is 1. The van der Waals surface area contributed by atoms with Crippen LogP contribution in [-0.4, -0.2) is 37.0 Å². The maximum atomic E-state index is 14.4. The number of aromatic nitrogens is 1. The third kappa shape index (κ3) is 6.30. The molecule has 1 heterocycles. The van der Waals surface area contributed by atoms with E-state index in [1.165, 1.54) is 21.0 Å². The Morgan fingerprint density at radius 1 is 1.03 bits per heavy atom. The number of ether oxygens (including phenoxy) is 2. The Morgan fingerprint density at radius 3 is 2.44 bits per heavy atom. The molecule has 0 unspecified atom stereocenters. The van der Waals surface area contributed by atoms with Gasteiger partial charge in [-0.25, -0.2) is 21.5 Å². The standard InChI is InChI=1S/C26H28F2N2O5S/c1-3-34-25-14-26(31)29(2)16-21(25)20-12-17(10-11-30(36(32)33)15-18-4-5-18)6-8-23(20)35-24-9-7-19(27)13-22(24)28/h6-9,12-14,16,18,36H,3-5,10-11,15H2,1-2H3. The summed E-state index contributed by atoms with van der Waals surface area (Å²) in [7, 11) is -1.09. The van der Waals surface area contributed by atoms with E-state index in [0.29, 0.717) is 48.9 Å². The first-order valence-corrected chi connectivity index (χ1v) is 12.9. The average Bonchev–Trinajstić information content (AvgIpc) is 3.65. The van der Waals surface area contributed by atoms with E-state index >= 15 is 0 Å². The van der Waals surface area contributed by atoms with Gasteiger partial charge < -0.3 is 14.0 Å². The molecule has 2 aromatic carbocycles. The lowest BCUT2D eigenvalue weighted by Crippen LogP contribution is -2.26. The van der Waals surface area contributed by atoms with E-state index in [9.17, 15) is 22.0 Å². The van der Waals surface area contributed by atoms with Crippen LogP contribution in [0.3, 0.4) is 0 Å². The first kappa shape index (κ1) is 25.8. The normalized spacial score (nSPS) is 13.4. The highest BCUT2D eigenvalue weighted by molar-refractivity contribution is 7.69. The van der Waals surface area contributed by atoms with Crippen LogP contribution in [0.2, 0.25) is 0 Å². The molecular formula is C26H28F2N2O5S. The van der Waals surface area contributed by atoms with Crippen LogP contribution in [0, 0.1) is 17.6 Å². The monoisotopic (exact) mass is 518 g/mol. The number of halogens is 2. The fourth-order valence-corrected chi connectivity index (χ4v) is 4.52. The van der Waals surface area contributed by atoms with Crippen LogP contribution in [0.5, 0.6) is 17.2 Å². The molecule has 192 valence electrons. The summed E-state index contributed by atoms with van der Waals surface area (Å²) in [6.07, 6.45) is 4.14. The summed E-state index contributed by atoms with van der Waals surface area (Å²) >= 11 is 0. The highest BCUT2D eigenvalue weighted by atomic mass is 32.2. The third-order valence-electron chi connectivity index (χ3n) is 5.99. The highest BCUT2D eigenvalue weighted by Gasteiger charge is 2.25. The maximum Gasteiger partial charge on any atom is 0.254 e. The predicted octanol–water partition coefficient (Wildman–Crippen LogP) is 4.30. The summed E-state index contributed by atoms with van der Waals surface area (Å²) in [6.45, 7) is 2.95. The van der Waals surface area contributed by atoms with Gasteiger partial charge in [0, 0.05) is 49.6 Å². The van der Waals surface area contributed by atoms with E-state index in [0.717, 1.165) is 30.5 Å². The van der Waals surface area contributed by atoms with Gasteiger partial charge in [0.2, 0.25) is 10.9 Å².